The van der Waals surface area contributed by atoms with E-state index in [4.69, 9.17) is 18.9 Å². The number of benzene rings is 1. The molecule has 3 saturated heterocycles. The Kier molecular flexibility index (Phi) is 4.74. The van der Waals surface area contributed by atoms with Gasteiger partial charge in [0, 0.05) is 24.6 Å². The molecule has 0 N–H and O–H groups in total. The first-order valence-corrected chi connectivity index (χ1v) is 10.1. The molecule has 2 aromatic rings. The maximum Gasteiger partial charge on any atom is 0.422 e. The average molecular weight is 475 g/mol. The van der Waals surface area contributed by atoms with Crippen molar-refractivity contribution in [1.82, 2.24) is 13.6 Å². The largest absolute Gasteiger partial charge is 0.468 e. The summed E-state index contributed by atoms with van der Waals surface area (Å²) in [7, 11) is 0. The Balaban J connectivity index is 1.32. The lowest BCUT2D eigenvalue weighted by molar-refractivity contribution is -0.273. The van der Waals surface area contributed by atoms with Crippen LogP contribution in [0, 0.1) is 11.7 Å². The zero-order valence-corrected chi connectivity index (χ0v) is 16.7. The van der Waals surface area contributed by atoms with Gasteiger partial charge in [0.2, 0.25) is 0 Å². The molecule has 3 aliphatic rings. The number of fused-ring (bicyclic) bond motifs is 3. The molecule has 0 amide bonds. The van der Waals surface area contributed by atoms with Crippen molar-refractivity contribution in [2.75, 3.05) is 13.1 Å². The SMILES string of the molecule is O=C1OC2(OC1=O)C(Oc1nsnc1OCc1ccc(C(F)(F)F)cc1F)C1CCN2C1. The molecule has 0 saturated carbocycles. The van der Waals surface area contributed by atoms with Gasteiger partial charge in [0.1, 0.15) is 12.4 Å². The second kappa shape index (κ2) is 7.27. The van der Waals surface area contributed by atoms with Gasteiger partial charge in [-0.15, -0.1) is 8.75 Å². The summed E-state index contributed by atoms with van der Waals surface area (Å²) in [6.45, 7) is 0.577. The first kappa shape index (κ1) is 20.9. The molecule has 3 aliphatic heterocycles. The molecule has 2 bridgehead atoms. The minimum Gasteiger partial charge on any atom is -0.468 e. The Morgan fingerprint density at radius 1 is 1.19 bits per heavy atom. The Bertz CT molecular complexity index is 1080. The molecule has 3 fully saturated rings. The Morgan fingerprint density at radius 3 is 2.59 bits per heavy atom. The molecule has 170 valence electrons. The summed E-state index contributed by atoms with van der Waals surface area (Å²) in [5, 5.41) is 0. The van der Waals surface area contributed by atoms with Crippen LogP contribution in [0.2, 0.25) is 0 Å². The van der Waals surface area contributed by atoms with Crippen molar-refractivity contribution >= 4 is 23.7 Å². The number of esters is 2. The number of carbonyl (C=O) groups is 2. The van der Waals surface area contributed by atoms with Crippen molar-refractivity contribution < 1.29 is 46.1 Å². The van der Waals surface area contributed by atoms with Crippen molar-refractivity contribution in [2.24, 2.45) is 5.92 Å². The molecule has 32 heavy (non-hydrogen) atoms. The Hall–Kier alpha value is -3.00. The number of hydrogen-bond acceptors (Lipinski definition) is 10. The molecule has 5 rings (SSSR count). The quantitative estimate of drug-likeness (QED) is 0.366. The number of piperidine rings is 1. The number of nitrogens with zero attached hydrogens (tertiary/aromatic N) is 3. The lowest BCUT2D eigenvalue weighted by Crippen LogP contribution is -2.57. The number of hydrogen-bond donors (Lipinski definition) is 0. The Labute approximate surface area is 181 Å². The van der Waals surface area contributed by atoms with Gasteiger partial charge in [0.05, 0.1) is 17.3 Å². The van der Waals surface area contributed by atoms with E-state index in [0.717, 1.165) is 23.9 Å². The fourth-order valence-corrected chi connectivity index (χ4v) is 4.46. The summed E-state index contributed by atoms with van der Waals surface area (Å²) in [4.78, 5) is 25.0. The highest BCUT2D eigenvalue weighted by molar-refractivity contribution is 6.99. The van der Waals surface area contributed by atoms with Gasteiger partial charge in [0.15, 0.2) is 6.10 Å². The lowest BCUT2D eigenvalue weighted by Gasteiger charge is -2.36. The van der Waals surface area contributed by atoms with Crippen molar-refractivity contribution in [2.45, 2.75) is 31.2 Å². The summed E-state index contributed by atoms with van der Waals surface area (Å²) in [5.41, 5.74) is -1.24. The fourth-order valence-electron chi connectivity index (χ4n) is 4.02. The predicted molar refractivity (Wildman–Crippen MR) is 94.7 cm³/mol. The third-order valence-corrected chi connectivity index (χ3v) is 6.01. The minimum absolute atomic E-state index is 0.0977. The number of alkyl halides is 3. The number of rotatable bonds is 5. The van der Waals surface area contributed by atoms with Gasteiger partial charge in [-0.1, -0.05) is 6.07 Å². The minimum atomic E-state index is -4.67. The van der Waals surface area contributed by atoms with Gasteiger partial charge in [-0.05, 0) is 18.6 Å². The summed E-state index contributed by atoms with van der Waals surface area (Å²) >= 11 is 0.725. The van der Waals surface area contributed by atoms with E-state index in [1.165, 1.54) is 0 Å². The third-order valence-electron chi connectivity index (χ3n) is 5.51. The summed E-state index contributed by atoms with van der Waals surface area (Å²) < 4.78 is 81.7. The molecular weight excluding hydrogens is 462 g/mol. The molecule has 9 nitrogen and oxygen atoms in total. The molecule has 3 unspecified atom stereocenters. The van der Waals surface area contributed by atoms with E-state index < -0.39 is 48.1 Å². The van der Waals surface area contributed by atoms with Gasteiger partial charge < -0.3 is 18.9 Å². The second-order valence-corrected chi connectivity index (χ2v) is 7.94. The molecule has 1 spiro atoms. The van der Waals surface area contributed by atoms with Crippen LogP contribution in [0.5, 0.6) is 11.8 Å². The van der Waals surface area contributed by atoms with E-state index in [2.05, 4.69) is 8.75 Å². The summed E-state index contributed by atoms with van der Waals surface area (Å²) in [6.07, 6.45) is -4.85. The standard InChI is InChI=1S/C18H13F4N3O6S/c19-11-5-10(17(20,21)22)2-1-9(11)7-28-13-14(24-32-23-13)29-12-8-3-4-25(6-8)18(12)30-15(26)16(27)31-18/h1-2,5,8,12H,3-4,6-7H2. The van der Waals surface area contributed by atoms with E-state index >= 15 is 0 Å². The lowest BCUT2D eigenvalue weighted by atomic mass is 9.99. The predicted octanol–water partition coefficient (Wildman–Crippen LogP) is 2.11. The number of carbonyl (C=O) groups excluding carboxylic acids is 2. The van der Waals surface area contributed by atoms with Gasteiger partial charge in [-0.2, -0.15) is 13.2 Å². The van der Waals surface area contributed by atoms with Crippen LogP contribution in [0.4, 0.5) is 17.6 Å². The van der Waals surface area contributed by atoms with Crippen molar-refractivity contribution in [3.05, 3.63) is 35.1 Å². The first-order chi connectivity index (χ1) is 15.2. The van der Waals surface area contributed by atoms with Crippen LogP contribution in [0.3, 0.4) is 0 Å². The van der Waals surface area contributed by atoms with Crippen LogP contribution in [0.25, 0.3) is 0 Å². The van der Waals surface area contributed by atoms with Gasteiger partial charge >= 0.3 is 24.0 Å². The maximum absolute atomic E-state index is 14.1. The first-order valence-electron chi connectivity index (χ1n) is 9.36. The van der Waals surface area contributed by atoms with E-state index in [0.29, 0.717) is 25.6 Å². The molecule has 1 aromatic heterocycles. The van der Waals surface area contributed by atoms with Gasteiger partial charge in [0.25, 0.3) is 11.8 Å². The van der Waals surface area contributed by atoms with E-state index in [-0.39, 0.29) is 23.2 Å². The highest BCUT2D eigenvalue weighted by atomic mass is 32.1. The number of aromatic nitrogens is 2. The third kappa shape index (κ3) is 3.33. The van der Waals surface area contributed by atoms with Crippen LogP contribution in [0.15, 0.2) is 18.2 Å². The summed E-state index contributed by atoms with van der Waals surface area (Å²) in [5.74, 6) is -5.39. The fraction of sp³-hybridized carbons (Fsp3) is 0.444. The van der Waals surface area contributed by atoms with Gasteiger partial charge in [-0.3, -0.25) is 0 Å². The molecule has 4 heterocycles. The van der Waals surface area contributed by atoms with Crippen LogP contribution in [-0.2, 0) is 31.8 Å². The number of ether oxygens (including phenoxy) is 4. The smallest absolute Gasteiger partial charge is 0.422 e. The zero-order valence-electron chi connectivity index (χ0n) is 15.9. The molecule has 0 aliphatic carbocycles. The maximum atomic E-state index is 14.1. The van der Waals surface area contributed by atoms with Crippen LogP contribution >= 0.6 is 11.7 Å². The summed E-state index contributed by atoms with van der Waals surface area (Å²) in [6, 6.07) is 2.09. The van der Waals surface area contributed by atoms with Crippen molar-refractivity contribution in [3.63, 3.8) is 0 Å². The van der Waals surface area contributed by atoms with E-state index in [9.17, 15) is 27.2 Å². The zero-order chi connectivity index (χ0) is 22.7. The number of halogens is 4. The van der Waals surface area contributed by atoms with Crippen LogP contribution in [0.1, 0.15) is 17.5 Å². The van der Waals surface area contributed by atoms with E-state index in [1.54, 1.807) is 4.90 Å². The average Bonchev–Trinajstić information content (AvgIpc) is 3.48. The van der Waals surface area contributed by atoms with Crippen molar-refractivity contribution in [3.8, 4) is 11.8 Å². The second-order valence-electron chi connectivity index (χ2n) is 7.41. The van der Waals surface area contributed by atoms with Gasteiger partial charge in [-0.25, -0.2) is 18.9 Å². The highest BCUT2D eigenvalue weighted by Gasteiger charge is 2.69. The van der Waals surface area contributed by atoms with Crippen LogP contribution < -0.4 is 9.47 Å². The molecule has 3 atom stereocenters. The molecule has 1 aromatic carbocycles. The monoisotopic (exact) mass is 475 g/mol. The Morgan fingerprint density at radius 2 is 1.91 bits per heavy atom. The molecule has 0 radical (unpaired) electrons. The van der Waals surface area contributed by atoms with Crippen molar-refractivity contribution in [1.29, 1.82) is 0 Å². The van der Waals surface area contributed by atoms with E-state index in [1.807, 2.05) is 0 Å². The highest BCUT2D eigenvalue weighted by Crippen LogP contribution is 2.47. The topological polar surface area (TPSA) is 100 Å². The molecule has 14 heteroatoms. The normalized spacial score (nSPS) is 25.8. The van der Waals surface area contributed by atoms with Crippen LogP contribution in [-0.4, -0.2) is 50.7 Å². The molecular formula is C18H13F4N3O6S.